The van der Waals surface area contributed by atoms with Gasteiger partial charge < -0.3 is 20.3 Å². The molecule has 0 radical (unpaired) electrons. The van der Waals surface area contributed by atoms with Crippen molar-refractivity contribution in [3.05, 3.63) is 101 Å². The molecule has 0 unspecified atom stereocenters. The average molecular weight is 553 g/mol. The lowest BCUT2D eigenvalue weighted by Crippen LogP contribution is -2.45. The molecule has 0 saturated carbocycles. The molecule has 6 heteroatoms. The number of guanidine groups is 1. The van der Waals surface area contributed by atoms with E-state index >= 15 is 0 Å². The first kappa shape index (κ1) is 28.7. The van der Waals surface area contributed by atoms with Gasteiger partial charge in [-0.05, 0) is 54.7 Å². The smallest absolute Gasteiger partial charge is 0.338 e. The van der Waals surface area contributed by atoms with Crippen LogP contribution in [0.2, 0.25) is 0 Å². The molecular weight excluding hydrogens is 508 g/mol. The number of aliphatic imine (C=N–C) groups is 1. The maximum absolute atomic E-state index is 12.7. The lowest BCUT2D eigenvalue weighted by Gasteiger charge is -2.41. The molecule has 5 rings (SSSR count). The Kier molecular flexibility index (Phi) is 9.95. The van der Waals surface area contributed by atoms with E-state index < -0.39 is 0 Å². The quantitative estimate of drug-likeness (QED) is 0.113. The molecule has 216 valence electrons. The summed E-state index contributed by atoms with van der Waals surface area (Å²) in [5.74, 6) is 1.09. The number of esters is 1. The summed E-state index contributed by atoms with van der Waals surface area (Å²) in [5, 5.41) is 7.59. The van der Waals surface area contributed by atoms with Gasteiger partial charge in [-0.1, -0.05) is 93.3 Å². The van der Waals surface area contributed by atoms with Crippen LogP contribution in [0.15, 0.2) is 83.9 Å². The summed E-state index contributed by atoms with van der Waals surface area (Å²) in [6.45, 7) is 6.72. The second-order valence-corrected chi connectivity index (χ2v) is 11.2. The molecule has 0 aromatic heterocycles. The van der Waals surface area contributed by atoms with Crippen molar-refractivity contribution in [2.24, 2.45) is 10.9 Å². The number of rotatable bonds is 11. The Labute approximate surface area is 245 Å². The van der Waals surface area contributed by atoms with Crippen LogP contribution in [0.1, 0.15) is 85.5 Å². The van der Waals surface area contributed by atoms with Gasteiger partial charge in [-0.15, -0.1) is 0 Å². The lowest BCUT2D eigenvalue weighted by atomic mass is 9.80. The number of carbonyl (C=O) groups excluding carboxylic acids is 1. The maximum atomic E-state index is 12.7. The molecule has 2 N–H and O–H groups in total. The third-order valence-corrected chi connectivity index (χ3v) is 8.37. The molecule has 3 atom stereocenters. The van der Waals surface area contributed by atoms with Crippen molar-refractivity contribution < 1.29 is 9.53 Å². The largest absolute Gasteiger partial charge is 0.462 e. The Hall–Kier alpha value is -3.80. The second-order valence-electron chi connectivity index (χ2n) is 11.2. The van der Waals surface area contributed by atoms with Crippen LogP contribution in [0.5, 0.6) is 0 Å². The zero-order chi connectivity index (χ0) is 28.4. The van der Waals surface area contributed by atoms with Gasteiger partial charge in [-0.3, -0.25) is 0 Å². The van der Waals surface area contributed by atoms with E-state index in [0.29, 0.717) is 37.2 Å². The number of ether oxygens (including phenoxy) is 1. The van der Waals surface area contributed by atoms with Crippen LogP contribution >= 0.6 is 0 Å². The van der Waals surface area contributed by atoms with Crippen molar-refractivity contribution in [3.63, 3.8) is 0 Å². The van der Waals surface area contributed by atoms with E-state index in [9.17, 15) is 4.79 Å². The van der Waals surface area contributed by atoms with E-state index in [1.165, 1.54) is 36.8 Å². The minimum absolute atomic E-state index is 0.134. The molecule has 1 saturated heterocycles. The van der Waals surface area contributed by atoms with Crippen LogP contribution in [0.4, 0.5) is 5.69 Å². The fourth-order valence-corrected chi connectivity index (χ4v) is 6.31. The number of fused-ring (bicyclic) bond motifs is 3. The molecule has 2 heterocycles. The average Bonchev–Trinajstić information content (AvgIpc) is 3.46. The Morgan fingerprint density at radius 2 is 1.73 bits per heavy atom. The number of nitrogens with zero attached hydrogens (tertiary/aromatic N) is 2. The molecule has 41 heavy (non-hydrogen) atoms. The predicted octanol–water partition coefficient (Wildman–Crippen LogP) is 7.34. The van der Waals surface area contributed by atoms with E-state index in [-0.39, 0.29) is 12.0 Å². The molecule has 0 spiro atoms. The predicted molar refractivity (Wildman–Crippen MR) is 167 cm³/mol. The van der Waals surface area contributed by atoms with Crippen molar-refractivity contribution in [1.29, 1.82) is 0 Å². The number of nitrogens with one attached hydrogen (secondary N) is 2. The summed E-state index contributed by atoms with van der Waals surface area (Å²) in [7, 11) is 0. The van der Waals surface area contributed by atoms with Gasteiger partial charge in [0.25, 0.3) is 0 Å². The van der Waals surface area contributed by atoms with Gasteiger partial charge in [-0.2, -0.15) is 0 Å². The minimum Gasteiger partial charge on any atom is -0.462 e. The van der Waals surface area contributed by atoms with Crippen molar-refractivity contribution in [2.75, 3.05) is 18.5 Å². The molecule has 2 aliphatic heterocycles. The van der Waals surface area contributed by atoms with Crippen molar-refractivity contribution in [2.45, 2.75) is 77.5 Å². The first-order valence-corrected chi connectivity index (χ1v) is 15.4. The van der Waals surface area contributed by atoms with Gasteiger partial charge in [0.1, 0.15) is 0 Å². The van der Waals surface area contributed by atoms with Crippen LogP contribution < -0.4 is 10.6 Å². The van der Waals surface area contributed by atoms with Gasteiger partial charge in [0.15, 0.2) is 5.96 Å². The molecule has 3 aromatic carbocycles. The zero-order valence-corrected chi connectivity index (χ0v) is 24.5. The first-order valence-electron chi connectivity index (χ1n) is 15.4. The number of hydrogen-bond donors (Lipinski definition) is 2. The molecular formula is C35H44N4O2. The summed E-state index contributed by atoms with van der Waals surface area (Å²) in [6.07, 6.45) is 7.26. The van der Waals surface area contributed by atoms with Crippen molar-refractivity contribution in [1.82, 2.24) is 10.2 Å². The standard InChI is InChI=1S/C35H44N4O2/c1-3-5-6-13-18-31-29-21-22-39(33(29)30-23-28(34(40)41-4-2)19-20-32(30)38-31)35(36-24-26-14-9-7-10-15-26)37-25-27-16-11-8-12-17-27/h7-12,14-17,19-20,23,29,31,33,38H,3-6,13,18,21-22,24-25H2,1-2H3,(H,36,37)/t29-,31+,33-/m1/s1. The van der Waals surface area contributed by atoms with E-state index in [0.717, 1.165) is 36.6 Å². The number of unbranched alkanes of at least 4 members (excludes halogenated alkanes) is 3. The fraction of sp³-hybridized carbons (Fsp3) is 0.429. The molecule has 1 fully saturated rings. The SMILES string of the molecule is CCCCCC[C@@H]1Nc2ccc(C(=O)OCC)cc2[C@H]2[C@@H]1CCN2C(=NCc1ccccc1)NCc1ccccc1. The molecule has 3 aromatic rings. The summed E-state index contributed by atoms with van der Waals surface area (Å²) in [5.41, 5.74) is 5.31. The van der Waals surface area contributed by atoms with E-state index in [1.807, 2.05) is 25.1 Å². The summed E-state index contributed by atoms with van der Waals surface area (Å²) in [6, 6.07) is 27.5. The van der Waals surface area contributed by atoms with Gasteiger partial charge in [0.2, 0.25) is 0 Å². The van der Waals surface area contributed by atoms with E-state index in [2.05, 4.69) is 83.1 Å². The molecule has 0 bridgehead atoms. The Morgan fingerprint density at radius 3 is 2.46 bits per heavy atom. The highest BCUT2D eigenvalue weighted by atomic mass is 16.5. The van der Waals surface area contributed by atoms with E-state index in [1.54, 1.807) is 0 Å². The zero-order valence-electron chi connectivity index (χ0n) is 24.5. The van der Waals surface area contributed by atoms with Gasteiger partial charge in [0, 0.05) is 30.7 Å². The molecule has 6 nitrogen and oxygen atoms in total. The van der Waals surface area contributed by atoms with Crippen molar-refractivity contribution >= 4 is 17.6 Å². The highest BCUT2D eigenvalue weighted by molar-refractivity contribution is 5.90. The Morgan fingerprint density at radius 1 is 0.976 bits per heavy atom. The van der Waals surface area contributed by atoms with Crippen LogP contribution in [-0.2, 0) is 17.8 Å². The van der Waals surface area contributed by atoms with Crippen molar-refractivity contribution in [3.8, 4) is 0 Å². The van der Waals surface area contributed by atoms with Crippen LogP contribution in [0, 0.1) is 5.92 Å². The van der Waals surface area contributed by atoms with Gasteiger partial charge >= 0.3 is 5.97 Å². The topological polar surface area (TPSA) is 66.0 Å². The maximum Gasteiger partial charge on any atom is 0.338 e. The summed E-state index contributed by atoms with van der Waals surface area (Å²) in [4.78, 5) is 20.4. The van der Waals surface area contributed by atoms with Crippen LogP contribution in [-0.4, -0.2) is 36.0 Å². The summed E-state index contributed by atoms with van der Waals surface area (Å²) >= 11 is 0. The summed E-state index contributed by atoms with van der Waals surface area (Å²) < 4.78 is 5.37. The van der Waals surface area contributed by atoms with E-state index in [4.69, 9.17) is 9.73 Å². The fourth-order valence-electron chi connectivity index (χ4n) is 6.31. The van der Waals surface area contributed by atoms with Gasteiger partial charge in [0.05, 0.1) is 24.8 Å². The Balaban J connectivity index is 1.48. The third-order valence-electron chi connectivity index (χ3n) is 8.37. The second kappa shape index (κ2) is 14.2. The number of likely N-dealkylation sites (tertiary alicyclic amines) is 1. The van der Waals surface area contributed by atoms with Gasteiger partial charge in [-0.25, -0.2) is 9.79 Å². The Bertz CT molecular complexity index is 1290. The molecule has 2 aliphatic rings. The molecule has 0 aliphatic carbocycles. The lowest BCUT2D eigenvalue weighted by molar-refractivity contribution is 0.0526. The highest BCUT2D eigenvalue weighted by Crippen LogP contribution is 2.47. The molecule has 0 amide bonds. The normalized spacial score (nSPS) is 19.7. The highest BCUT2D eigenvalue weighted by Gasteiger charge is 2.45. The van der Waals surface area contributed by atoms with Crippen LogP contribution in [0.25, 0.3) is 0 Å². The van der Waals surface area contributed by atoms with Crippen LogP contribution in [0.3, 0.4) is 0 Å². The number of anilines is 1. The third kappa shape index (κ3) is 7.10. The number of hydrogen-bond acceptors (Lipinski definition) is 4. The monoisotopic (exact) mass is 552 g/mol. The number of carbonyl (C=O) groups is 1. The number of benzene rings is 3. The first-order chi connectivity index (χ1) is 20.2. The minimum atomic E-state index is -0.266.